The molecule has 1 fully saturated rings. The molecule has 6 heteroatoms. The number of carbonyl (C=O) groups excluding carboxylic acids is 2. The standard InChI is InChI=1S/C35H37NO5/c1-22(2)27-20-28-33(35(41)36(34(28)40)26-14-7-4-8-15-26)29(21-37)32(27)31(39)18-17-24(23-11-5-3-6-12-23)19-25-13-9-10-16-30(25)38/h3-16,19,22,28-29,31,33,37-39H,17-18,20-21H2,1-2H3/b24-19-/t28-,29+,31-,33-/m1/s1. The minimum Gasteiger partial charge on any atom is -0.507 e. The zero-order valence-electron chi connectivity index (χ0n) is 23.5. The number of imide groups is 1. The van der Waals surface area contributed by atoms with Crippen LogP contribution in [0.3, 0.4) is 0 Å². The maximum absolute atomic E-state index is 13.7. The summed E-state index contributed by atoms with van der Waals surface area (Å²) in [5.74, 6) is -2.27. The molecule has 2 aliphatic rings. The summed E-state index contributed by atoms with van der Waals surface area (Å²) < 4.78 is 0. The van der Waals surface area contributed by atoms with Crippen molar-refractivity contribution in [3.63, 3.8) is 0 Å². The van der Waals surface area contributed by atoms with Gasteiger partial charge in [0.25, 0.3) is 0 Å². The number of aliphatic hydroxyl groups is 2. The highest BCUT2D eigenvalue weighted by atomic mass is 16.3. The number of hydrogen-bond acceptors (Lipinski definition) is 5. The topological polar surface area (TPSA) is 98.1 Å². The molecule has 3 aromatic carbocycles. The average molecular weight is 552 g/mol. The van der Waals surface area contributed by atoms with Gasteiger partial charge in [-0.2, -0.15) is 0 Å². The molecule has 0 unspecified atom stereocenters. The van der Waals surface area contributed by atoms with E-state index in [1.165, 1.54) is 4.90 Å². The molecule has 0 radical (unpaired) electrons. The number of aromatic hydroxyl groups is 1. The summed E-state index contributed by atoms with van der Waals surface area (Å²) in [4.78, 5) is 28.5. The van der Waals surface area contributed by atoms with Gasteiger partial charge in [0.15, 0.2) is 0 Å². The van der Waals surface area contributed by atoms with Crippen molar-refractivity contribution in [1.82, 2.24) is 0 Å². The highest BCUT2D eigenvalue weighted by Gasteiger charge is 2.55. The Labute approximate surface area is 241 Å². The fourth-order valence-corrected chi connectivity index (χ4v) is 6.47. The summed E-state index contributed by atoms with van der Waals surface area (Å²) in [5.41, 5.74) is 4.79. The Balaban J connectivity index is 1.46. The van der Waals surface area contributed by atoms with Crippen molar-refractivity contribution in [2.75, 3.05) is 11.5 Å². The molecule has 0 spiro atoms. The Morgan fingerprint density at radius 3 is 2.20 bits per heavy atom. The van der Waals surface area contributed by atoms with Gasteiger partial charge in [0.05, 0.1) is 30.2 Å². The van der Waals surface area contributed by atoms with Crippen LogP contribution in [0.15, 0.2) is 96.1 Å². The molecular weight excluding hydrogens is 514 g/mol. The van der Waals surface area contributed by atoms with Gasteiger partial charge < -0.3 is 15.3 Å². The van der Waals surface area contributed by atoms with Gasteiger partial charge >= 0.3 is 0 Å². The van der Waals surface area contributed by atoms with Crippen LogP contribution < -0.4 is 4.90 Å². The van der Waals surface area contributed by atoms with Crippen LogP contribution in [0.5, 0.6) is 5.75 Å². The molecule has 1 saturated heterocycles. The van der Waals surface area contributed by atoms with Gasteiger partial charge in [-0.15, -0.1) is 0 Å². The Bertz CT molecular complexity index is 1460. The van der Waals surface area contributed by atoms with Gasteiger partial charge in [-0.1, -0.05) is 86.2 Å². The fourth-order valence-electron chi connectivity index (χ4n) is 6.47. The van der Waals surface area contributed by atoms with Crippen molar-refractivity contribution >= 4 is 29.2 Å². The van der Waals surface area contributed by atoms with Crippen molar-refractivity contribution in [3.05, 3.63) is 107 Å². The predicted molar refractivity (Wildman–Crippen MR) is 161 cm³/mol. The van der Waals surface area contributed by atoms with Crippen LogP contribution in [0.2, 0.25) is 0 Å². The van der Waals surface area contributed by atoms with Gasteiger partial charge in [0.1, 0.15) is 5.75 Å². The van der Waals surface area contributed by atoms with Crippen molar-refractivity contribution in [3.8, 4) is 5.75 Å². The number of fused-ring (bicyclic) bond motifs is 1. The zero-order chi connectivity index (χ0) is 29.1. The number of benzene rings is 3. The summed E-state index contributed by atoms with van der Waals surface area (Å²) in [6, 6.07) is 25.9. The van der Waals surface area contributed by atoms with Crippen LogP contribution in [0.4, 0.5) is 5.69 Å². The molecule has 6 nitrogen and oxygen atoms in total. The number of hydrogen-bond donors (Lipinski definition) is 3. The molecule has 0 saturated carbocycles. The number of phenolic OH excluding ortho intramolecular Hbond substituents is 1. The number of nitrogens with zero attached hydrogens (tertiary/aromatic N) is 1. The minimum atomic E-state index is -0.907. The summed E-state index contributed by atoms with van der Waals surface area (Å²) in [7, 11) is 0. The Hall–Kier alpha value is -4.00. The smallest absolute Gasteiger partial charge is 0.238 e. The van der Waals surface area contributed by atoms with E-state index in [1.807, 2.05) is 68.5 Å². The van der Waals surface area contributed by atoms with Crippen molar-refractivity contribution in [1.29, 1.82) is 0 Å². The van der Waals surface area contributed by atoms with E-state index in [-0.39, 0.29) is 30.1 Å². The number of carbonyl (C=O) groups is 2. The SMILES string of the molecule is CC(C)C1=C([C@H](O)CC/C(=C/c2ccccc2O)c2ccccc2)[C@H](CO)[C@@H]2C(=O)N(c3ccccc3)C(=O)[C@@H]2C1. The van der Waals surface area contributed by atoms with Gasteiger partial charge in [-0.05, 0) is 66.2 Å². The van der Waals surface area contributed by atoms with E-state index in [1.54, 1.807) is 36.4 Å². The number of allylic oxidation sites excluding steroid dienone is 2. The Morgan fingerprint density at radius 2 is 1.56 bits per heavy atom. The van der Waals surface area contributed by atoms with Crippen molar-refractivity contribution < 1.29 is 24.9 Å². The first kappa shape index (κ1) is 28.5. The van der Waals surface area contributed by atoms with Crippen LogP contribution in [0.25, 0.3) is 11.6 Å². The molecule has 4 atom stereocenters. The first-order valence-corrected chi connectivity index (χ1v) is 14.3. The van der Waals surface area contributed by atoms with Crippen LogP contribution in [0.1, 0.15) is 44.2 Å². The predicted octanol–water partition coefficient (Wildman–Crippen LogP) is 5.84. The Morgan fingerprint density at radius 1 is 0.927 bits per heavy atom. The lowest BCUT2D eigenvalue weighted by molar-refractivity contribution is -0.123. The summed E-state index contributed by atoms with van der Waals surface area (Å²) in [6.45, 7) is 3.73. The maximum Gasteiger partial charge on any atom is 0.238 e. The molecular formula is C35H37NO5. The van der Waals surface area contributed by atoms with Crippen LogP contribution >= 0.6 is 0 Å². The monoisotopic (exact) mass is 551 g/mol. The number of aliphatic hydroxyl groups excluding tert-OH is 2. The lowest BCUT2D eigenvalue weighted by Crippen LogP contribution is -2.39. The molecule has 2 amide bonds. The molecule has 5 rings (SSSR count). The number of para-hydroxylation sites is 2. The van der Waals surface area contributed by atoms with Crippen molar-refractivity contribution in [2.45, 2.75) is 39.2 Å². The van der Waals surface area contributed by atoms with E-state index >= 15 is 0 Å². The maximum atomic E-state index is 13.7. The molecule has 0 aromatic heterocycles. The van der Waals surface area contributed by atoms with Crippen LogP contribution in [-0.4, -0.2) is 39.8 Å². The van der Waals surface area contributed by atoms with E-state index in [0.29, 0.717) is 36.1 Å². The molecule has 1 heterocycles. The molecule has 1 aliphatic carbocycles. The first-order valence-electron chi connectivity index (χ1n) is 14.3. The lowest BCUT2D eigenvalue weighted by Gasteiger charge is -2.38. The first-order chi connectivity index (χ1) is 19.8. The number of rotatable bonds is 9. The van der Waals surface area contributed by atoms with Crippen LogP contribution in [-0.2, 0) is 9.59 Å². The van der Waals surface area contributed by atoms with E-state index in [9.17, 15) is 24.9 Å². The number of amides is 2. The second kappa shape index (κ2) is 12.2. The summed E-state index contributed by atoms with van der Waals surface area (Å²) in [6.07, 6.45) is 2.28. The highest BCUT2D eigenvalue weighted by molar-refractivity contribution is 6.22. The summed E-state index contributed by atoms with van der Waals surface area (Å²) in [5, 5.41) is 32.7. The molecule has 3 aromatic rings. The molecule has 212 valence electrons. The molecule has 3 N–H and O–H groups in total. The third-order valence-corrected chi connectivity index (χ3v) is 8.49. The molecule has 1 aliphatic heterocycles. The number of anilines is 1. The average Bonchev–Trinajstić information content (AvgIpc) is 3.24. The third kappa shape index (κ3) is 5.63. The molecule has 0 bridgehead atoms. The largest absolute Gasteiger partial charge is 0.507 e. The van der Waals surface area contributed by atoms with E-state index in [0.717, 1.165) is 16.7 Å². The minimum absolute atomic E-state index is 0.0359. The highest BCUT2D eigenvalue weighted by Crippen LogP contribution is 2.49. The third-order valence-electron chi connectivity index (χ3n) is 8.49. The lowest BCUT2D eigenvalue weighted by atomic mass is 9.66. The normalized spacial score (nSPS) is 21.9. The second-order valence-corrected chi connectivity index (χ2v) is 11.3. The van der Waals surface area contributed by atoms with E-state index in [2.05, 4.69) is 0 Å². The Kier molecular flexibility index (Phi) is 8.52. The quantitative estimate of drug-likeness (QED) is 0.176. The van der Waals surface area contributed by atoms with Gasteiger partial charge in [0.2, 0.25) is 11.8 Å². The molecule has 41 heavy (non-hydrogen) atoms. The van der Waals surface area contributed by atoms with Gasteiger partial charge in [0, 0.05) is 11.5 Å². The van der Waals surface area contributed by atoms with Crippen molar-refractivity contribution in [2.24, 2.45) is 23.7 Å². The fraction of sp³-hybridized carbons (Fsp3) is 0.314. The van der Waals surface area contributed by atoms with Gasteiger partial charge in [-0.25, -0.2) is 0 Å². The van der Waals surface area contributed by atoms with E-state index in [4.69, 9.17) is 0 Å². The van der Waals surface area contributed by atoms with E-state index < -0.39 is 23.9 Å². The number of phenols is 1. The zero-order valence-corrected chi connectivity index (χ0v) is 23.5. The van der Waals surface area contributed by atoms with Gasteiger partial charge in [-0.3, -0.25) is 14.5 Å². The second-order valence-electron chi connectivity index (χ2n) is 11.3. The summed E-state index contributed by atoms with van der Waals surface area (Å²) >= 11 is 0. The van der Waals surface area contributed by atoms with Crippen LogP contribution in [0, 0.1) is 23.7 Å².